The highest BCUT2D eigenvalue weighted by Gasteiger charge is 2.22. The Labute approximate surface area is 139 Å². The smallest absolute Gasteiger partial charge is 0.132 e. The molecule has 0 saturated heterocycles. The third kappa shape index (κ3) is 2.61. The predicted molar refractivity (Wildman–Crippen MR) is 95.8 cm³/mol. The SMILES string of the molecule is CSc1ccc(-c2nn3c(c2-c2ccncc2)NCCC3)cc1. The van der Waals surface area contributed by atoms with E-state index < -0.39 is 0 Å². The number of hydrogen-bond acceptors (Lipinski definition) is 4. The minimum Gasteiger partial charge on any atom is -0.370 e. The largest absolute Gasteiger partial charge is 0.370 e. The van der Waals surface area contributed by atoms with Gasteiger partial charge in [-0.3, -0.25) is 4.98 Å². The van der Waals surface area contributed by atoms with E-state index in [1.54, 1.807) is 11.8 Å². The maximum Gasteiger partial charge on any atom is 0.132 e. The summed E-state index contributed by atoms with van der Waals surface area (Å²) in [6.07, 6.45) is 6.87. The lowest BCUT2D eigenvalue weighted by Crippen LogP contribution is -2.17. The second-order valence-corrected chi connectivity index (χ2v) is 6.42. The highest BCUT2D eigenvalue weighted by atomic mass is 32.2. The molecule has 0 unspecified atom stereocenters. The van der Waals surface area contributed by atoms with Crippen molar-refractivity contribution >= 4 is 17.6 Å². The molecule has 0 spiro atoms. The summed E-state index contributed by atoms with van der Waals surface area (Å²) in [5.41, 5.74) is 4.51. The number of nitrogens with zero attached hydrogens (tertiary/aromatic N) is 3. The van der Waals surface area contributed by atoms with E-state index in [0.717, 1.165) is 42.1 Å². The zero-order chi connectivity index (χ0) is 15.6. The van der Waals surface area contributed by atoms with Gasteiger partial charge in [-0.2, -0.15) is 5.10 Å². The number of anilines is 1. The van der Waals surface area contributed by atoms with Gasteiger partial charge in [-0.1, -0.05) is 12.1 Å². The summed E-state index contributed by atoms with van der Waals surface area (Å²) < 4.78 is 2.09. The third-order valence-corrected chi connectivity index (χ3v) is 4.87. The van der Waals surface area contributed by atoms with Gasteiger partial charge in [-0.05, 0) is 42.5 Å². The molecule has 0 saturated carbocycles. The van der Waals surface area contributed by atoms with Crippen LogP contribution in [0, 0.1) is 0 Å². The summed E-state index contributed by atoms with van der Waals surface area (Å²) in [5.74, 6) is 1.12. The van der Waals surface area contributed by atoms with Gasteiger partial charge < -0.3 is 5.32 Å². The third-order valence-electron chi connectivity index (χ3n) is 4.12. The van der Waals surface area contributed by atoms with Gasteiger partial charge in [0.1, 0.15) is 11.5 Å². The lowest BCUT2D eigenvalue weighted by molar-refractivity contribution is 0.569. The summed E-state index contributed by atoms with van der Waals surface area (Å²) >= 11 is 1.75. The van der Waals surface area contributed by atoms with Crippen LogP contribution < -0.4 is 5.32 Å². The number of benzene rings is 1. The standard InChI is InChI=1S/C18H18N4S/c1-23-15-5-3-14(4-6-15)17-16(13-7-10-19-11-8-13)18-20-9-2-12-22(18)21-17/h3-8,10-11,20H,2,9,12H2,1H3. The molecule has 5 heteroatoms. The molecule has 0 radical (unpaired) electrons. The minimum atomic E-state index is 0.962. The van der Waals surface area contributed by atoms with Crippen LogP contribution in [0.2, 0.25) is 0 Å². The van der Waals surface area contributed by atoms with Crippen molar-refractivity contribution in [3.05, 3.63) is 48.8 Å². The molecule has 0 aliphatic carbocycles. The van der Waals surface area contributed by atoms with Gasteiger partial charge in [0, 0.05) is 35.9 Å². The second-order valence-electron chi connectivity index (χ2n) is 5.54. The Hall–Kier alpha value is -2.27. The van der Waals surface area contributed by atoms with E-state index in [9.17, 15) is 0 Å². The molecule has 0 fully saturated rings. The molecule has 3 heterocycles. The van der Waals surface area contributed by atoms with Crippen LogP contribution in [0.3, 0.4) is 0 Å². The van der Waals surface area contributed by atoms with Crippen LogP contribution in [-0.4, -0.2) is 27.6 Å². The van der Waals surface area contributed by atoms with E-state index in [1.807, 2.05) is 24.5 Å². The number of pyridine rings is 1. The van der Waals surface area contributed by atoms with E-state index in [2.05, 4.69) is 45.5 Å². The van der Waals surface area contributed by atoms with E-state index in [-0.39, 0.29) is 0 Å². The lowest BCUT2D eigenvalue weighted by Gasteiger charge is -2.17. The van der Waals surface area contributed by atoms with Crippen molar-refractivity contribution in [2.45, 2.75) is 17.9 Å². The number of fused-ring (bicyclic) bond motifs is 1. The first-order valence-corrected chi connectivity index (χ1v) is 8.99. The summed E-state index contributed by atoms with van der Waals surface area (Å²) in [6.45, 7) is 1.96. The van der Waals surface area contributed by atoms with Crippen LogP contribution in [0.1, 0.15) is 6.42 Å². The minimum absolute atomic E-state index is 0.962. The first-order valence-electron chi connectivity index (χ1n) is 7.76. The molecule has 23 heavy (non-hydrogen) atoms. The molecular weight excluding hydrogens is 304 g/mol. The zero-order valence-electron chi connectivity index (χ0n) is 13.0. The number of thioether (sulfide) groups is 1. The van der Waals surface area contributed by atoms with Crippen LogP contribution in [-0.2, 0) is 6.54 Å². The lowest BCUT2D eigenvalue weighted by atomic mass is 10.0. The summed E-state index contributed by atoms with van der Waals surface area (Å²) in [6, 6.07) is 12.7. The van der Waals surface area contributed by atoms with Crippen molar-refractivity contribution in [3.63, 3.8) is 0 Å². The van der Waals surface area contributed by atoms with Gasteiger partial charge in [-0.25, -0.2) is 4.68 Å². The van der Waals surface area contributed by atoms with Crippen molar-refractivity contribution in [2.75, 3.05) is 18.1 Å². The van der Waals surface area contributed by atoms with Crippen LogP contribution in [0.4, 0.5) is 5.82 Å². The van der Waals surface area contributed by atoms with Gasteiger partial charge in [0.2, 0.25) is 0 Å². The van der Waals surface area contributed by atoms with Crippen molar-refractivity contribution in [3.8, 4) is 22.4 Å². The highest BCUT2D eigenvalue weighted by molar-refractivity contribution is 7.98. The summed E-state index contributed by atoms with van der Waals surface area (Å²) in [4.78, 5) is 5.41. The van der Waals surface area contributed by atoms with Crippen LogP contribution in [0.5, 0.6) is 0 Å². The molecule has 0 amide bonds. The average Bonchev–Trinajstić information content (AvgIpc) is 3.02. The Morgan fingerprint density at radius 1 is 1.04 bits per heavy atom. The molecular formula is C18H18N4S. The normalized spacial score (nSPS) is 13.4. The molecule has 0 bridgehead atoms. The molecule has 0 atom stereocenters. The Morgan fingerprint density at radius 3 is 2.57 bits per heavy atom. The molecule has 1 aromatic carbocycles. The summed E-state index contributed by atoms with van der Waals surface area (Å²) in [5, 5.41) is 8.40. The molecule has 2 aromatic heterocycles. The number of aromatic nitrogens is 3. The van der Waals surface area contributed by atoms with Gasteiger partial charge in [0.15, 0.2) is 0 Å². The maximum atomic E-state index is 4.88. The monoisotopic (exact) mass is 322 g/mol. The van der Waals surface area contributed by atoms with Gasteiger partial charge in [-0.15, -0.1) is 11.8 Å². The predicted octanol–water partition coefficient (Wildman–Crippen LogP) is 4.15. The zero-order valence-corrected chi connectivity index (χ0v) is 13.8. The Balaban J connectivity index is 1.90. The first kappa shape index (κ1) is 14.3. The number of aryl methyl sites for hydroxylation is 1. The van der Waals surface area contributed by atoms with Gasteiger partial charge >= 0.3 is 0 Å². The van der Waals surface area contributed by atoms with E-state index in [4.69, 9.17) is 5.10 Å². The van der Waals surface area contributed by atoms with E-state index in [0.29, 0.717) is 0 Å². The Morgan fingerprint density at radius 2 is 1.83 bits per heavy atom. The Kier molecular flexibility index (Phi) is 3.79. The molecule has 116 valence electrons. The fourth-order valence-corrected chi connectivity index (χ4v) is 3.39. The average molecular weight is 322 g/mol. The topological polar surface area (TPSA) is 42.7 Å². The Bertz CT molecular complexity index is 809. The number of hydrogen-bond donors (Lipinski definition) is 1. The second kappa shape index (κ2) is 6.08. The molecule has 1 N–H and O–H groups in total. The van der Waals surface area contributed by atoms with Gasteiger partial charge in [0.25, 0.3) is 0 Å². The van der Waals surface area contributed by atoms with Crippen LogP contribution >= 0.6 is 11.8 Å². The van der Waals surface area contributed by atoms with Crippen molar-refractivity contribution in [1.29, 1.82) is 0 Å². The molecule has 4 nitrogen and oxygen atoms in total. The van der Waals surface area contributed by atoms with Crippen molar-refractivity contribution < 1.29 is 0 Å². The van der Waals surface area contributed by atoms with Gasteiger partial charge in [0.05, 0.1) is 5.56 Å². The summed E-state index contributed by atoms with van der Waals surface area (Å²) in [7, 11) is 0. The number of nitrogens with one attached hydrogen (secondary N) is 1. The van der Waals surface area contributed by atoms with Crippen molar-refractivity contribution in [2.24, 2.45) is 0 Å². The molecule has 1 aliphatic rings. The molecule has 1 aliphatic heterocycles. The van der Waals surface area contributed by atoms with Crippen LogP contribution in [0.25, 0.3) is 22.4 Å². The highest BCUT2D eigenvalue weighted by Crippen LogP contribution is 2.39. The van der Waals surface area contributed by atoms with E-state index in [1.165, 1.54) is 10.5 Å². The van der Waals surface area contributed by atoms with E-state index >= 15 is 0 Å². The van der Waals surface area contributed by atoms with Crippen molar-refractivity contribution in [1.82, 2.24) is 14.8 Å². The first-order chi connectivity index (χ1) is 11.4. The fraction of sp³-hybridized carbons (Fsp3) is 0.222. The molecule has 4 rings (SSSR count). The number of rotatable bonds is 3. The quantitative estimate of drug-likeness (QED) is 0.736. The maximum absolute atomic E-state index is 4.88. The fourth-order valence-electron chi connectivity index (χ4n) is 2.98. The molecule has 3 aromatic rings. The van der Waals surface area contributed by atoms with Crippen LogP contribution in [0.15, 0.2) is 53.7 Å².